The predicted molar refractivity (Wildman–Crippen MR) is 81.6 cm³/mol. The zero-order valence-electron chi connectivity index (χ0n) is 12.9. The number of hydrogen-bond donors (Lipinski definition) is 0. The van der Waals surface area contributed by atoms with E-state index in [0.29, 0.717) is 19.3 Å². The average molecular weight is 291 g/mol. The molecular weight excluding hydrogens is 266 g/mol. The van der Waals surface area contributed by atoms with Crippen LogP contribution in [0.3, 0.4) is 0 Å². The minimum Gasteiger partial charge on any atom is -0.472 e. The molecule has 0 saturated carbocycles. The maximum atomic E-state index is 5.93. The van der Waals surface area contributed by atoms with Gasteiger partial charge >= 0.3 is 0 Å². The van der Waals surface area contributed by atoms with Crippen LogP contribution >= 0.6 is 0 Å². The third kappa shape index (κ3) is 3.86. The summed E-state index contributed by atoms with van der Waals surface area (Å²) in [4.78, 5) is 9.01. The molecule has 1 aromatic rings. The van der Waals surface area contributed by atoms with Gasteiger partial charge in [-0.25, -0.2) is 4.98 Å². The summed E-state index contributed by atoms with van der Waals surface area (Å²) in [6.07, 6.45) is 6.59. The molecule has 2 saturated heterocycles. The van der Waals surface area contributed by atoms with Crippen LogP contribution in [0.2, 0.25) is 0 Å². The van der Waals surface area contributed by atoms with Gasteiger partial charge in [-0.1, -0.05) is 13.3 Å². The molecule has 1 aromatic heterocycles. The summed E-state index contributed by atoms with van der Waals surface area (Å²) in [6.45, 7) is 7.93. The number of aryl methyl sites for hydroxylation is 1. The lowest BCUT2D eigenvalue weighted by atomic mass is 10.2. The molecule has 21 heavy (non-hydrogen) atoms. The molecule has 0 bridgehead atoms. The van der Waals surface area contributed by atoms with E-state index in [0.717, 1.165) is 44.8 Å². The Morgan fingerprint density at radius 2 is 1.71 bits per heavy atom. The largest absolute Gasteiger partial charge is 0.472 e. The van der Waals surface area contributed by atoms with Crippen LogP contribution in [0.15, 0.2) is 12.3 Å². The number of ether oxygens (including phenoxy) is 2. The first-order valence-corrected chi connectivity index (χ1v) is 8.04. The van der Waals surface area contributed by atoms with Crippen LogP contribution in [-0.2, 0) is 6.42 Å². The Bertz CT molecular complexity index is 459. The Morgan fingerprint density at radius 3 is 2.29 bits per heavy atom. The fourth-order valence-electron chi connectivity index (χ4n) is 2.44. The summed E-state index contributed by atoms with van der Waals surface area (Å²) in [7, 11) is 0. The highest BCUT2D eigenvalue weighted by Crippen LogP contribution is 2.27. The van der Waals surface area contributed by atoms with E-state index < -0.39 is 0 Å². The molecule has 0 spiro atoms. The van der Waals surface area contributed by atoms with Crippen LogP contribution in [-0.4, -0.2) is 54.4 Å². The van der Waals surface area contributed by atoms with Gasteiger partial charge in [0.25, 0.3) is 5.88 Å². The lowest BCUT2D eigenvalue weighted by molar-refractivity contribution is 0.0539. The first-order chi connectivity index (χ1) is 10.3. The summed E-state index contributed by atoms with van der Waals surface area (Å²) in [5, 5.41) is 0. The van der Waals surface area contributed by atoms with E-state index in [9.17, 15) is 0 Å². The van der Waals surface area contributed by atoms with E-state index in [1.165, 1.54) is 18.4 Å². The molecule has 0 unspecified atom stereocenters. The SMILES string of the molecule is CCCc1cnc(OCN2CCC2)c(OCN2CCC2)c1. The lowest BCUT2D eigenvalue weighted by Crippen LogP contribution is -2.40. The Hall–Kier alpha value is -1.33. The molecule has 2 aliphatic heterocycles. The van der Waals surface area contributed by atoms with Crippen molar-refractivity contribution in [2.24, 2.45) is 0 Å². The highest BCUT2D eigenvalue weighted by atomic mass is 16.5. The number of aromatic nitrogens is 1. The Morgan fingerprint density at radius 1 is 1.05 bits per heavy atom. The van der Waals surface area contributed by atoms with Crippen molar-refractivity contribution in [2.45, 2.75) is 32.6 Å². The van der Waals surface area contributed by atoms with Gasteiger partial charge in [0.1, 0.15) is 13.5 Å². The molecule has 5 heteroatoms. The van der Waals surface area contributed by atoms with Crippen LogP contribution in [0.1, 0.15) is 31.7 Å². The number of nitrogens with zero attached hydrogens (tertiary/aromatic N) is 3. The van der Waals surface area contributed by atoms with E-state index in [-0.39, 0.29) is 0 Å². The monoisotopic (exact) mass is 291 g/mol. The zero-order chi connectivity index (χ0) is 14.5. The van der Waals surface area contributed by atoms with E-state index in [2.05, 4.69) is 27.8 Å². The van der Waals surface area contributed by atoms with Gasteiger partial charge in [-0.15, -0.1) is 0 Å². The summed E-state index contributed by atoms with van der Waals surface area (Å²) >= 11 is 0. The number of pyridine rings is 1. The van der Waals surface area contributed by atoms with Crippen molar-refractivity contribution in [3.63, 3.8) is 0 Å². The molecule has 0 amide bonds. The predicted octanol–water partition coefficient (Wildman–Crippen LogP) is 2.12. The molecule has 116 valence electrons. The smallest absolute Gasteiger partial charge is 0.258 e. The van der Waals surface area contributed by atoms with Crippen LogP contribution in [0, 0.1) is 0 Å². The topological polar surface area (TPSA) is 37.8 Å². The fraction of sp³-hybridized carbons (Fsp3) is 0.688. The molecule has 0 atom stereocenters. The molecule has 3 rings (SSSR count). The minimum absolute atomic E-state index is 0.611. The van der Waals surface area contributed by atoms with Gasteiger partial charge in [-0.2, -0.15) is 0 Å². The Labute approximate surface area is 126 Å². The van der Waals surface area contributed by atoms with Crippen molar-refractivity contribution in [1.82, 2.24) is 14.8 Å². The number of rotatable bonds is 8. The van der Waals surface area contributed by atoms with Gasteiger partial charge < -0.3 is 9.47 Å². The van der Waals surface area contributed by atoms with Crippen molar-refractivity contribution < 1.29 is 9.47 Å². The standard InChI is InChI=1S/C16H25N3O2/c1-2-5-14-10-15(20-12-18-6-3-7-18)16(17-11-14)21-13-19-8-4-9-19/h10-11H,2-9,12-13H2,1H3. The van der Waals surface area contributed by atoms with Gasteiger partial charge in [0.15, 0.2) is 5.75 Å². The maximum Gasteiger partial charge on any atom is 0.258 e. The third-order valence-electron chi connectivity index (χ3n) is 4.10. The molecule has 2 fully saturated rings. The minimum atomic E-state index is 0.611. The molecular formula is C16H25N3O2. The first-order valence-electron chi connectivity index (χ1n) is 8.04. The second-order valence-electron chi connectivity index (χ2n) is 5.89. The molecule has 3 heterocycles. The highest BCUT2D eigenvalue weighted by Gasteiger charge is 2.18. The van der Waals surface area contributed by atoms with Crippen molar-refractivity contribution in [1.29, 1.82) is 0 Å². The number of likely N-dealkylation sites (tertiary alicyclic amines) is 2. The lowest BCUT2D eigenvalue weighted by Gasteiger charge is -2.31. The van der Waals surface area contributed by atoms with Gasteiger partial charge in [0, 0.05) is 32.4 Å². The molecule has 0 aromatic carbocycles. The van der Waals surface area contributed by atoms with Gasteiger partial charge in [-0.3, -0.25) is 9.80 Å². The third-order valence-corrected chi connectivity index (χ3v) is 4.10. The van der Waals surface area contributed by atoms with E-state index in [4.69, 9.17) is 9.47 Å². The second kappa shape index (κ2) is 7.09. The maximum absolute atomic E-state index is 5.93. The van der Waals surface area contributed by atoms with Crippen LogP contribution < -0.4 is 9.47 Å². The van der Waals surface area contributed by atoms with Crippen molar-refractivity contribution in [2.75, 3.05) is 39.6 Å². The summed E-state index contributed by atoms with van der Waals surface area (Å²) in [5.74, 6) is 1.41. The first kappa shape index (κ1) is 14.6. The van der Waals surface area contributed by atoms with E-state index in [1.807, 2.05) is 6.20 Å². The average Bonchev–Trinajstić information content (AvgIpc) is 2.37. The molecule has 2 aliphatic rings. The van der Waals surface area contributed by atoms with E-state index >= 15 is 0 Å². The quantitative estimate of drug-likeness (QED) is 0.733. The summed E-state index contributed by atoms with van der Waals surface area (Å²) in [6, 6.07) is 2.09. The van der Waals surface area contributed by atoms with Crippen molar-refractivity contribution >= 4 is 0 Å². The van der Waals surface area contributed by atoms with Gasteiger partial charge in [0.2, 0.25) is 0 Å². The van der Waals surface area contributed by atoms with Crippen LogP contribution in [0.25, 0.3) is 0 Å². The fourth-order valence-corrected chi connectivity index (χ4v) is 2.44. The normalized spacial score (nSPS) is 18.9. The Kier molecular flexibility index (Phi) is 4.93. The van der Waals surface area contributed by atoms with Gasteiger partial charge in [-0.05, 0) is 30.9 Å². The second-order valence-corrected chi connectivity index (χ2v) is 5.89. The molecule has 0 N–H and O–H groups in total. The molecule has 0 aliphatic carbocycles. The Balaban J connectivity index is 1.62. The molecule has 5 nitrogen and oxygen atoms in total. The van der Waals surface area contributed by atoms with E-state index in [1.54, 1.807) is 0 Å². The number of hydrogen-bond acceptors (Lipinski definition) is 5. The summed E-state index contributed by atoms with van der Waals surface area (Å²) in [5.41, 5.74) is 1.22. The highest BCUT2D eigenvalue weighted by molar-refractivity contribution is 5.36. The van der Waals surface area contributed by atoms with Crippen molar-refractivity contribution in [3.05, 3.63) is 17.8 Å². The van der Waals surface area contributed by atoms with Crippen LogP contribution in [0.4, 0.5) is 0 Å². The summed E-state index contributed by atoms with van der Waals surface area (Å²) < 4.78 is 11.8. The zero-order valence-corrected chi connectivity index (χ0v) is 12.9. The van der Waals surface area contributed by atoms with Gasteiger partial charge in [0.05, 0.1) is 0 Å². The molecule has 0 radical (unpaired) electrons. The van der Waals surface area contributed by atoms with Crippen molar-refractivity contribution in [3.8, 4) is 11.6 Å². The van der Waals surface area contributed by atoms with Crippen LogP contribution in [0.5, 0.6) is 11.6 Å².